The van der Waals surface area contributed by atoms with Crippen LogP contribution in [-0.2, 0) is 13.2 Å². The van der Waals surface area contributed by atoms with Gasteiger partial charge in [-0.3, -0.25) is 0 Å². The first-order valence-electron chi connectivity index (χ1n) is 6.38. The van der Waals surface area contributed by atoms with E-state index in [4.69, 9.17) is 10.00 Å². The van der Waals surface area contributed by atoms with E-state index >= 15 is 0 Å². The summed E-state index contributed by atoms with van der Waals surface area (Å²) in [5.74, 6) is -0.961. The van der Waals surface area contributed by atoms with Crippen LogP contribution in [-0.4, -0.2) is 7.05 Å². The lowest BCUT2D eigenvalue weighted by Gasteiger charge is -2.09. The van der Waals surface area contributed by atoms with Gasteiger partial charge in [0.1, 0.15) is 12.4 Å². The minimum absolute atomic E-state index is 0.0682. The highest BCUT2D eigenvalue weighted by atomic mass is 19.1. The molecule has 0 saturated carbocycles. The number of hydrogen-bond donors (Lipinski definition) is 1. The molecule has 0 atom stereocenters. The normalized spacial score (nSPS) is 10.2. The van der Waals surface area contributed by atoms with E-state index < -0.39 is 11.6 Å². The number of hydrogen-bond acceptors (Lipinski definition) is 3. The second-order valence-electron chi connectivity index (χ2n) is 4.50. The summed E-state index contributed by atoms with van der Waals surface area (Å²) in [4.78, 5) is 0. The van der Waals surface area contributed by atoms with Gasteiger partial charge in [0.25, 0.3) is 0 Å². The van der Waals surface area contributed by atoms with E-state index in [0.717, 1.165) is 11.6 Å². The average molecular weight is 288 g/mol. The summed E-state index contributed by atoms with van der Waals surface area (Å²) in [7, 11) is 1.77. The molecule has 2 rings (SSSR count). The molecular formula is C16H14F2N2O. The van der Waals surface area contributed by atoms with E-state index in [1.807, 2.05) is 6.07 Å². The Kier molecular flexibility index (Phi) is 4.85. The van der Waals surface area contributed by atoms with Crippen LogP contribution in [0.5, 0.6) is 5.75 Å². The molecule has 108 valence electrons. The molecule has 0 aliphatic heterocycles. The Labute approximate surface area is 121 Å². The van der Waals surface area contributed by atoms with Crippen molar-refractivity contribution >= 4 is 0 Å². The maximum Gasteiger partial charge on any atom is 0.165 e. The Hall–Kier alpha value is -2.45. The topological polar surface area (TPSA) is 45.0 Å². The number of halogens is 2. The summed E-state index contributed by atoms with van der Waals surface area (Å²) in [5.41, 5.74) is 1.30. The van der Waals surface area contributed by atoms with Gasteiger partial charge in [-0.25, -0.2) is 8.78 Å². The highest BCUT2D eigenvalue weighted by Crippen LogP contribution is 2.20. The molecule has 2 aromatic carbocycles. The molecule has 0 amide bonds. The zero-order chi connectivity index (χ0) is 15.2. The quantitative estimate of drug-likeness (QED) is 0.919. The highest BCUT2D eigenvalue weighted by Gasteiger charge is 2.08. The molecule has 0 heterocycles. The van der Waals surface area contributed by atoms with Gasteiger partial charge < -0.3 is 10.1 Å². The number of nitrogens with one attached hydrogen (secondary N) is 1. The van der Waals surface area contributed by atoms with Crippen LogP contribution in [0.15, 0.2) is 36.4 Å². The summed E-state index contributed by atoms with van der Waals surface area (Å²) in [6.45, 7) is 0.460. The van der Waals surface area contributed by atoms with Crippen molar-refractivity contribution in [3.05, 3.63) is 64.7 Å². The molecule has 2 aromatic rings. The van der Waals surface area contributed by atoms with Crippen LogP contribution >= 0.6 is 0 Å². The van der Waals surface area contributed by atoms with Crippen LogP contribution in [0.1, 0.15) is 16.7 Å². The molecule has 0 bridgehead atoms. The Morgan fingerprint density at radius 2 is 1.95 bits per heavy atom. The van der Waals surface area contributed by atoms with E-state index in [0.29, 0.717) is 6.54 Å². The highest BCUT2D eigenvalue weighted by molar-refractivity contribution is 5.33. The predicted octanol–water partition coefficient (Wildman–Crippen LogP) is 3.13. The zero-order valence-corrected chi connectivity index (χ0v) is 11.5. The third kappa shape index (κ3) is 3.77. The lowest BCUT2D eigenvalue weighted by atomic mass is 10.1. The lowest BCUT2D eigenvalue weighted by Crippen LogP contribution is -2.06. The maximum absolute atomic E-state index is 13.8. The Morgan fingerprint density at radius 3 is 2.57 bits per heavy atom. The molecule has 0 aliphatic rings. The predicted molar refractivity (Wildman–Crippen MR) is 74.6 cm³/mol. The van der Waals surface area contributed by atoms with Crippen LogP contribution < -0.4 is 10.1 Å². The number of ether oxygens (including phenoxy) is 1. The minimum atomic E-state index is -0.540. The number of nitriles is 1. The summed E-state index contributed by atoms with van der Waals surface area (Å²) in [6, 6.07) is 10.6. The van der Waals surface area contributed by atoms with E-state index in [1.54, 1.807) is 13.1 Å². The number of nitrogens with zero attached hydrogens (tertiary/aromatic N) is 1. The molecule has 1 N–H and O–H groups in total. The van der Waals surface area contributed by atoms with Crippen molar-refractivity contribution in [2.24, 2.45) is 0 Å². The van der Waals surface area contributed by atoms with Gasteiger partial charge in [0.05, 0.1) is 11.6 Å². The summed E-state index contributed by atoms with van der Waals surface area (Å²) in [5, 5.41) is 11.6. The zero-order valence-electron chi connectivity index (χ0n) is 11.5. The molecule has 5 heteroatoms. The summed E-state index contributed by atoms with van der Waals surface area (Å²) in [6.07, 6.45) is 0. The average Bonchev–Trinajstić information content (AvgIpc) is 2.48. The van der Waals surface area contributed by atoms with Crippen molar-refractivity contribution in [2.45, 2.75) is 13.2 Å². The Bertz CT molecular complexity index is 680. The Morgan fingerprint density at radius 1 is 1.14 bits per heavy atom. The largest absolute Gasteiger partial charge is 0.486 e. The van der Waals surface area contributed by atoms with Gasteiger partial charge >= 0.3 is 0 Å². The van der Waals surface area contributed by atoms with Gasteiger partial charge in [-0.1, -0.05) is 12.1 Å². The Balaban J connectivity index is 2.08. The second-order valence-corrected chi connectivity index (χ2v) is 4.50. The molecule has 0 saturated heterocycles. The monoisotopic (exact) mass is 288 g/mol. The minimum Gasteiger partial charge on any atom is -0.486 e. The molecule has 0 aromatic heterocycles. The molecule has 0 spiro atoms. The first-order valence-corrected chi connectivity index (χ1v) is 6.38. The standard InChI is InChI=1S/C16H14F2N2O/c1-20-9-12-3-5-16(15(18)7-12)21-10-13-4-2-11(8-19)6-14(13)17/h2-7,20H,9-10H2,1H3. The van der Waals surface area contributed by atoms with Crippen LogP contribution in [0.2, 0.25) is 0 Å². The van der Waals surface area contributed by atoms with Crippen LogP contribution in [0.25, 0.3) is 0 Å². The molecule has 0 fully saturated rings. The van der Waals surface area contributed by atoms with Crippen molar-refractivity contribution < 1.29 is 13.5 Å². The van der Waals surface area contributed by atoms with Crippen LogP contribution in [0.4, 0.5) is 8.78 Å². The van der Waals surface area contributed by atoms with Crippen molar-refractivity contribution in [2.75, 3.05) is 7.05 Å². The maximum atomic E-state index is 13.8. The second kappa shape index (κ2) is 6.82. The fourth-order valence-electron chi connectivity index (χ4n) is 1.86. The lowest BCUT2D eigenvalue weighted by molar-refractivity contribution is 0.284. The first-order chi connectivity index (χ1) is 10.1. The molecular weight excluding hydrogens is 274 g/mol. The smallest absolute Gasteiger partial charge is 0.165 e. The van der Waals surface area contributed by atoms with Gasteiger partial charge in [0.15, 0.2) is 11.6 Å². The molecule has 3 nitrogen and oxygen atoms in total. The molecule has 0 radical (unpaired) electrons. The van der Waals surface area contributed by atoms with Gasteiger partial charge in [0, 0.05) is 12.1 Å². The van der Waals surface area contributed by atoms with Gasteiger partial charge in [-0.2, -0.15) is 5.26 Å². The number of rotatable bonds is 5. The third-order valence-electron chi connectivity index (χ3n) is 2.94. The van der Waals surface area contributed by atoms with Crippen LogP contribution in [0, 0.1) is 23.0 Å². The van der Waals surface area contributed by atoms with E-state index in [9.17, 15) is 8.78 Å². The van der Waals surface area contributed by atoms with Crippen LogP contribution in [0.3, 0.4) is 0 Å². The third-order valence-corrected chi connectivity index (χ3v) is 2.94. The molecule has 0 aliphatic carbocycles. The van der Waals surface area contributed by atoms with Crippen molar-refractivity contribution in [3.63, 3.8) is 0 Å². The fraction of sp³-hybridized carbons (Fsp3) is 0.188. The fourth-order valence-corrected chi connectivity index (χ4v) is 1.86. The van der Waals surface area contributed by atoms with Gasteiger partial charge in [0.2, 0.25) is 0 Å². The van der Waals surface area contributed by atoms with Crippen molar-refractivity contribution in [1.82, 2.24) is 5.32 Å². The molecule has 21 heavy (non-hydrogen) atoms. The SMILES string of the molecule is CNCc1ccc(OCc2ccc(C#N)cc2F)c(F)c1. The number of benzene rings is 2. The molecule has 0 unspecified atom stereocenters. The summed E-state index contributed by atoms with van der Waals surface area (Å²) < 4.78 is 32.8. The van der Waals surface area contributed by atoms with Crippen molar-refractivity contribution in [3.8, 4) is 11.8 Å². The van der Waals surface area contributed by atoms with E-state index in [2.05, 4.69) is 5.32 Å². The van der Waals surface area contributed by atoms with E-state index in [-0.39, 0.29) is 23.5 Å². The van der Waals surface area contributed by atoms with Crippen molar-refractivity contribution in [1.29, 1.82) is 5.26 Å². The van der Waals surface area contributed by atoms with E-state index in [1.165, 1.54) is 24.3 Å². The summed E-state index contributed by atoms with van der Waals surface area (Å²) >= 11 is 0. The first kappa shape index (κ1) is 14.9. The van der Waals surface area contributed by atoms with Gasteiger partial charge in [-0.05, 0) is 36.9 Å². The van der Waals surface area contributed by atoms with Gasteiger partial charge in [-0.15, -0.1) is 0 Å².